The van der Waals surface area contributed by atoms with Crippen LogP contribution in [-0.2, 0) is 11.3 Å². The number of aryl methyl sites for hydroxylation is 1. The van der Waals surface area contributed by atoms with Crippen LogP contribution in [0.25, 0.3) is 6.08 Å². The zero-order valence-electron chi connectivity index (χ0n) is 18.0. The fraction of sp³-hybridized carbons (Fsp3) is 0.154. The van der Waals surface area contributed by atoms with Gasteiger partial charge < -0.3 is 23.7 Å². The lowest BCUT2D eigenvalue weighted by Gasteiger charge is -2.09. The van der Waals surface area contributed by atoms with E-state index in [1.54, 1.807) is 42.5 Å². The summed E-state index contributed by atoms with van der Waals surface area (Å²) >= 11 is 0. The predicted molar refractivity (Wildman–Crippen MR) is 119 cm³/mol. The molecular formula is C26H20O7. The predicted octanol–water partition coefficient (Wildman–Crippen LogP) is 4.71. The first-order valence-electron chi connectivity index (χ1n) is 10.3. The van der Waals surface area contributed by atoms with E-state index >= 15 is 0 Å². The number of rotatable bonds is 5. The number of Topliss-reactive ketones (excluding diaryl/α,β-unsaturated/α-hetero) is 1. The number of hydrogen-bond acceptors (Lipinski definition) is 7. The molecule has 0 amide bonds. The van der Waals surface area contributed by atoms with E-state index in [9.17, 15) is 9.59 Å². The van der Waals surface area contributed by atoms with Crippen LogP contribution in [0.2, 0.25) is 0 Å². The average molecular weight is 444 g/mol. The molecule has 0 aromatic heterocycles. The molecule has 0 saturated heterocycles. The van der Waals surface area contributed by atoms with Crippen LogP contribution in [0, 0.1) is 6.92 Å². The summed E-state index contributed by atoms with van der Waals surface area (Å²) in [5.74, 6) is 2.04. The van der Waals surface area contributed by atoms with Crippen LogP contribution in [0.3, 0.4) is 0 Å². The van der Waals surface area contributed by atoms with E-state index < -0.39 is 0 Å². The Kier molecular flexibility index (Phi) is 5.22. The number of esters is 1. The molecule has 0 radical (unpaired) electrons. The fourth-order valence-corrected chi connectivity index (χ4v) is 3.74. The van der Waals surface area contributed by atoms with Crippen molar-refractivity contribution in [2.45, 2.75) is 13.5 Å². The quantitative estimate of drug-likeness (QED) is 0.417. The van der Waals surface area contributed by atoms with Gasteiger partial charge in [-0.25, -0.2) is 4.79 Å². The van der Waals surface area contributed by atoms with Gasteiger partial charge >= 0.3 is 5.97 Å². The number of carbonyl (C=O) groups excluding carboxylic acids is 2. The van der Waals surface area contributed by atoms with Gasteiger partial charge in [0.05, 0.1) is 18.2 Å². The Morgan fingerprint density at radius 2 is 1.79 bits per heavy atom. The van der Waals surface area contributed by atoms with Gasteiger partial charge in [-0.3, -0.25) is 4.79 Å². The highest BCUT2D eigenvalue weighted by Gasteiger charge is 2.30. The molecule has 0 N–H and O–H groups in total. The molecule has 7 heteroatoms. The number of ketones is 1. The smallest absolute Gasteiger partial charge is 0.337 e. The van der Waals surface area contributed by atoms with E-state index in [1.807, 2.05) is 25.1 Å². The molecule has 3 aromatic rings. The molecule has 3 aromatic carbocycles. The highest BCUT2D eigenvalue weighted by atomic mass is 16.7. The molecule has 166 valence electrons. The maximum absolute atomic E-state index is 12.9. The van der Waals surface area contributed by atoms with Crippen molar-refractivity contribution in [1.82, 2.24) is 0 Å². The fourth-order valence-electron chi connectivity index (χ4n) is 3.74. The molecule has 7 nitrogen and oxygen atoms in total. The maximum atomic E-state index is 12.9. The Hall–Kier alpha value is -4.26. The molecule has 0 saturated carbocycles. The number of ether oxygens (including phenoxy) is 5. The summed E-state index contributed by atoms with van der Waals surface area (Å²) in [5, 5.41) is 0. The van der Waals surface area contributed by atoms with Gasteiger partial charge in [0.15, 0.2) is 17.3 Å². The zero-order chi connectivity index (χ0) is 22.9. The molecular weight excluding hydrogens is 424 g/mol. The summed E-state index contributed by atoms with van der Waals surface area (Å²) in [7, 11) is 1.35. The van der Waals surface area contributed by atoms with Crippen LogP contribution < -0.4 is 18.9 Å². The Morgan fingerprint density at radius 3 is 2.58 bits per heavy atom. The van der Waals surface area contributed by atoms with Gasteiger partial charge in [0, 0.05) is 6.07 Å². The molecule has 2 heterocycles. The highest BCUT2D eigenvalue weighted by Crippen LogP contribution is 2.39. The lowest BCUT2D eigenvalue weighted by molar-refractivity contribution is 0.0600. The van der Waals surface area contributed by atoms with Crippen LogP contribution in [0.1, 0.15) is 37.4 Å². The second-order valence-electron chi connectivity index (χ2n) is 7.64. The van der Waals surface area contributed by atoms with E-state index in [0.29, 0.717) is 40.7 Å². The van der Waals surface area contributed by atoms with Crippen molar-refractivity contribution in [2.75, 3.05) is 13.9 Å². The minimum absolute atomic E-state index is 0.176. The van der Waals surface area contributed by atoms with Crippen molar-refractivity contribution in [3.8, 4) is 23.0 Å². The number of carbonyl (C=O) groups is 2. The third-order valence-electron chi connectivity index (χ3n) is 5.42. The second-order valence-corrected chi connectivity index (χ2v) is 7.64. The lowest BCUT2D eigenvalue weighted by Crippen LogP contribution is -2.02. The standard InChI is InChI=1S/C26H20O7/c1-15-9-19(30-13-16-3-6-18(7-4-16)26(28)29-2)12-22-24(15)25(27)23(33-22)11-17-5-8-20-21(10-17)32-14-31-20/h3-12H,13-14H2,1-2H3/b23-11-. The summed E-state index contributed by atoms with van der Waals surface area (Å²) < 4.78 is 27.2. The molecule has 5 rings (SSSR count). The first kappa shape index (κ1) is 20.6. The van der Waals surface area contributed by atoms with E-state index in [1.165, 1.54) is 7.11 Å². The number of hydrogen-bond donors (Lipinski definition) is 0. The van der Waals surface area contributed by atoms with Crippen LogP contribution >= 0.6 is 0 Å². The van der Waals surface area contributed by atoms with Gasteiger partial charge in [0.25, 0.3) is 0 Å². The van der Waals surface area contributed by atoms with E-state index in [0.717, 1.165) is 16.7 Å². The molecule has 33 heavy (non-hydrogen) atoms. The normalized spacial score (nSPS) is 14.7. The molecule has 0 bridgehead atoms. The van der Waals surface area contributed by atoms with Crippen molar-refractivity contribution in [3.63, 3.8) is 0 Å². The summed E-state index contributed by atoms with van der Waals surface area (Å²) in [5.41, 5.74) is 3.43. The van der Waals surface area contributed by atoms with Gasteiger partial charge in [-0.15, -0.1) is 0 Å². The number of methoxy groups -OCH3 is 1. The van der Waals surface area contributed by atoms with Gasteiger partial charge in [-0.2, -0.15) is 0 Å². The number of allylic oxidation sites excluding steroid dienone is 1. The summed E-state index contributed by atoms with van der Waals surface area (Å²) in [4.78, 5) is 24.5. The maximum Gasteiger partial charge on any atom is 0.337 e. The summed E-state index contributed by atoms with van der Waals surface area (Å²) in [6, 6.07) is 16.0. The Balaban J connectivity index is 1.32. The van der Waals surface area contributed by atoms with Gasteiger partial charge in [0.1, 0.15) is 18.1 Å². The zero-order valence-corrected chi connectivity index (χ0v) is 18.0. The highest BCUT2D eigenvalue weighted by molar-refractivity contribution is 6.15. The Bertz CT molecular complexity index is 1290. The first-order chi connectivity index (χ1) is 16.0. The monoisotopic (exact) mass is 444 g/mol. The topological polar surface area (TPSA) is 80.3 Å². The molecule has 0 atom stereocenters. The van der Waals surface area contributed by atoms with E-state index in [4.69, 9.17) is 23.7 Å². The van der Waals surface area contributed by atoms with Gasteiger partial charge in [-0.1, -0.05) is 18.2 Å². The van der Waals surface area contributed by atoms with Gasteiger partial charge in [-0.05, 0) is 60.0 Å². The van der Waals surface area contributed by atoms with E-state index in [-0.39, 0.29) is 24.3 Å². The molecule has 2 aliphatic heterocycles. The van der Waals surface area contributed by atoms with Crippen LogP contribution in [0.5, 0.6) is 23.0 Å². The van der Waals surface area contributed by atoms with Crippen molar-refractivity contribution >= 4 is 17.8 Å². The molecule has 0 aliphatic carbocycles. The second kappa shape index (κ2) is 8.35. The van der Waals surface area contributed by atoms with Crippen LogP contribution in [-0.4, -0.2) is 25.7 Å². The average Bonchev–Trinajstić information content (AvgIpc) is 3.41. The molecule has 0 unspecified atom stereocenters. The molecule has 0 fully saturated rings. The first-order valence-corrected chi connectivity index (χ1v) is 10.3. The Morgan fingerprint density at radius 1 is 1.00 bits per heavy atom. The number of fused-ring (bicyclic) bond motifs is 2. The largest absolute Gasteiger partial charge is 0.489 e. The minimum Gasteiger partial charge on any atom is -0.489 e. The Labute approximate surface area is 190 Å². The number of benzene rings is 3. The van der Waals surface area contributed by atoms with Crippen molar-refractivity contribution in [2.24, 2.45) is 0 Å². The summed E-state index contributed by atoms with van der Waals surface area (Å²) in [6.07, 6.45) is 1.69. The summed E-state index contributed by atoms with van der Waals surface area (Å²) in [6.45, 7) is 2.34. The molecule has 0 spiro atoms. The SMILES string of the molecule is COC(=O)c1ccc(COc2cc(C)c3c(c2)O/C(=C\c2ccc4c(c2)OCO4)C3=O)cc1. The molecule has 2 aliphatic rings. The van der Waals surface area contributed by atoms with Gasteiger partial charge in [0.2, 0.25) is 12.6 Å². The lowest BCUT2D eigenvalue weighted by atomic mass is 10.0. The minimum atomic E-state index is -0.386. The van der Waals surface area contributed by atoms with Crippen LogP contribution in [0.15, 0.2) is 60.4 Å². The van der Waals surface area contributed by atoms with Crippen molar-refractivity contribution < 1.29 is 33.3 Å². The van der Waals surface area contributed by atoms with E-state index in [2.05, 4.69) is 0 Å². The van der Waals surface area contributed by atoms with Crippen molar-refractivity contribution in [1.29, 1.82) is 0 Å². The third kappa shape index (κ3) is 4.01. The van der Waals surface area contributed by atoms with Crippen LogP contribution in [0.4, 0.5) is 0 Å². The van der Waals surface area contributed by atoms with Crippen molar-refractivity contribution in [3.05, 3.63) is 88.2 Å². The third-order valence-corrected chi connectivity index (χ3v) is 5.42.